The van der Waals surface area contributed by atoms with E-state index in [0.717, 1.165) is 13.0 Å². The second-order valence-corrected chi connectivity index (χ2v) is 5.88. The number of carbonyl (C=O) groups excluding carboxylic acids is 1. The molecule has 0 atom stereocenters. The predicted molar refractivity (Wildman–Crippen MR) is 99.6 cm³/mol. The van der Waals surface area contributed by atoms with Crippen molar-refractivity contribution >= 4 is 23.3 Å². The van der Waals surface area contributed by atoms with Crippen LogP contribution < -0.4 is 15.4 Å². The molecule has 2 heterocycles. The van der Waals surface area contributed by atoms with Gasteiger partial charge in [0.15, 0.2) is 0 Å². The Labute approximate surface area is 156 Å². The summed E-state index contributed by atoms with van der Waals surface area (Å²) in [7, 11) is 0. The average Bonchev–Trinajstić information content (AvgIpc) is 3.16. The Morgan fingerprint density at radius 1 is 1.19 bits per heavy atom. The standard InChI is InChI=1S/C18H18ClN5O2/c19-14-3-8-17(21-13-14)26-16-6-4-15(5-7-16)23-18(25)20-9-1-11-24-12-2-10-22-24/h2-8,10,12-13H,1,9,11H2,(H2,20,23,25). The number of urea groups is 1. The van der Waals surface area contributed by atoms with Gasteiger partial charge >= 0.3 is 6.03 Å². The van der Waals surface area contributed by atoms with Crippen LogP contribution in [0.2, 0.25) is 5.02 Å². The topological polar surface area (TPSA) is 81.1 Å². The van der Waals surface area contributed by atoms with Gasteiger partial charge in [0.05, 0.1) is 5.02 Å². The van der Waals surface area contributed by atoms with Gasteiger partial charge in [-0.1, -0.05) is 11.6 Å². The van der Waals surface area contributed by atoms with Crippen molar-refractivity contribution in [2.45, 2.75) is 13.0 Å². The minimum Gasteiger partial charge on any atom is -0.439 e. The van der Waals surface area contributed by atoms with Crippen molar-refractivity contribution < 1.29 is 9.53 Å². The first-order chi connectivity index (χ1) is 12.7. The summed E-state index contributed by atoms with van der Waals surface area (Å²) in [4.78, 5) is 15.9. The Bertz CT molecular complexity index is 820. The van der Waals surface area contributed by atoms with Crippen molar-refractivity contribution in [2.75, 3.05) is 11.9 Å². The molecule has 0 saturated carbocycles. The Morgan fingerprint density at radius 2 is 2.04 bits per heavy atom. The van der Waals surface area contributed by atoms with Gasteiger partial charge in [-0.2, -0.15) is 5.10 Å². The predicted octanol–water partition coefficient (Wildman–Crippen LogP) is 3.94. The summed E-state index contributed by atoms with van der Waals surface area (Å²) in [6.07, 6.45) is 5.94. The van der Waals surface area contributed by atoms with Crippen molar-refractivity contribution in [1.82, 2.24) is 20.1 Å². The number of aromatic nitrogens is 3. The zero-order chi connectivity index (χ0) is 18.2. The molecule has 0 bridgehead atoms. The average molecular weight is 372 g/mol. The largest absolute Gasteiger partial charge is 0.439 e. The normalized spacial score (nSPS) is 10.3. The second kappa shape index (κ2) is 8.87. The lowest BCUT2D eigenvalue weighted by Crippen LogP contribution is -2.30. The van der Waals surface area contributed by atoms with Crippen LogP contribution >= 0.6 is 11.6 Å². The van der Waals surface area contributed by atoms with Crippen LogP contribution in [-0.2, 0) is 6.54 Å². The number of carbonyl (C=O) groups is 1. The van der Waals surface area contributed by atoms with Gasteiger partial charge in [-0.05, 0) is 42.8 Å². The number of pyridine rings is 1. The number of rotatable bonds is 7. The number of nitrogens with zero attached hydrogens (tertiary/aromatic N) is 3. The fraction of sp³-hybridized carbons (Fsp3) is 0.167. The molecule has 0 saturated heterocycles. The smallest absolute Gasteiger partial charge is 0.319 e. The van der Waals surface area contributed by atoms with Crippen molar-refractivity contribution in [3.05, 3.63) is 66.1 Å². The van der Waals surface area contributed by atoms with Crippen molar-refractivity contribution in [2.24, 2.45) is 0 Å². The minimum atomic E-state index is -0.251. The van der Waals surface area contributed by atoms with Crippen molar-refractivity contribution in [1.29, 1.82) is 0 Å². The molecule has 0 unspecified atom stereocenters. The van der Waals surface area contributed by atoms with Crippen molar-refractivity contribution in [3.8, 4) is 11.6 Å². The number of hydrogen-bond acceptors (Lipinski definition) is 4. The third kappa shape index (κ3) is 5.49. The molecular weight excluding hydrogens is 354 g/mol. The summed E-state index contributed by atoms with van der Waals surface area (Å²) in [5.74, 6) is 1.06. The molecule has 134 valence electrons. The minimum absolute atomic E-state index is 0.251. The Morgan fingerprint density at radius 3 is 2.73 bits per heavy atom. The highest BCUT2D eigenvalue weighted by Gasteiger charge is 2.03. The molecule has 0 spiro atoms. The molecule has 3 rings (SSSR count). The molecule has 2 amide bonds. The summed E-state index contributed by atoms with van der Waals surface area (Å²) >= 11 is 5.79. The van der Waals surface area contributed by atoms with Gasteiger partial charge in [-0.25, -0.2) is 9.78 Å². The fourth-order valence-corrected chi connectivity index (χ4v) is 2.31. The van der Waals surface area contributed by atoms with E-state index in [9.17, 15) is 4.79 Å². The van der Waals surface area contributed by atoms with E-state index >= 15 is 0 Å². The van der Waals surface area contributed by atoms with Crippen LogP contribution in [0.1, 0.15) is 6.42 Å². The zero-order valence-electron chi connectivity index (χ0n) is 13.9. The van der Waals surface area contributed by atoms with Crippen molar-refractivity contribution in [3.63, 3.8) is 0 Å². The molecule has 1 aromatic carbocycles. The lowest BCUT2D eigenvalue weighted by molar-refractivity contribution is 0.251. The SMILES string of the molecule is O=C(NCCCn1cccn1)Nc1ccc(Oc2ccc(Cl)cn2)cc1. The highest BCUT2D eigenvalue weighted by molar-refractivity contribution is 6.30. The number of aryl methyl sites for hydroxylation is 1. The van der Waals surface area contributed by atoms with Gasteiger partial charge in [0.25, 0.3) is 0 Å². The number of anilines is 1. The van der Waals surface area contributed by atoms with E-state index in [2.05, 4.69) is 20.7 Å². The zero-order valence-corrected chi connectivity index (χ0v) is 14.7. The van der Waals surface area contributed by atoms with E-state index in [1.165, 1.54) is 6.20 Å². The van der Waals surface area contributed by atoms with E-state index in [4.69, 9.17) is 16.3 Å². The van der Waals surface area contributed by atoms with Gasteiger partial charge in [0.1, 0.15) is 5.75 Å². The van der Waals surface area contributed by atoms with E-state index in [-0.39, 0.29) is 6.03 Å². The summed E-state index contributed by atoms with van der Waals surface area (Å²) in [6, 6.07) is 12.0. The van der Waals surface area contributed by atoms with Crippen LogP contribution in [0.5, 0.6) is 11.6 Å². The number of hydrogen-bond donors (Lipinski definition) is 2. The van der Waals surface area contributed by atoms with E-state index in [1.54, 1.807) is 42.6 Å². The summed E-state index contributed by atoms with van der Waals surface area (Å²) in [5.41, 5.74) is 0.672. The summed E-state index contributed by atoms with van der Waals surface area (Å²) in [6.45, 7) is 1.33. The summed E-state index contributed by atoms with van der Waals surface area (Å²) < 4.78 is 7.43. The molecule has 7 nitrogen and oxygen atoms in total. The molecular formula is C18H18ClN5O2. The van der Waals surface area contributed by atoms with E-state index in [1.807, 2.05) is 16.9 Å². The molecule has 3 aromatic rings. The fourth-order valence-electron chi connectivity index (χ4n) is 2.20. The number of halogens is 1. The van der Waals surface area contributed by atoms with Gasteiger partial charge in [0.2, 0.25) is 5.88 Å². The van der Waals surface area contributed by atoms with Gasteiger partial charge in [-0.15, -0.1) is 0 Å². The van der Waals surface area contributed by atoms with Crippen LogP contribution in [-0.4, -0.2) is 27.3 Å². The van der Waals surface area contributed by atoms with Crippen LogP contribution in [0.3, 0.4) is 0 Å². The maximum Gasteiger partial charge on any atom is 0.319 e. The molecule has 26 heavy (non-hydrogen) atoms. The highest BCUT2D eigenvalue weighted by Crippen LogP contribution is 2.22. The number of benzene rings is 1. The van der Waals surface area contributed by atoms with E-state index in [0.29, 0.717) is 28.9 Å². The molecule has 8 heteroatoms. The Balaban J connectivity index is 1.41. The Hall–Kier alpha value is -3.06. The first-order valence-corrected chi connectivity index (χ1v) is 8.48. The molecule has 0 radical (unpaired) electrons. The quantitative estimate of drug-likeness (QED) is 0.616. The van der Waals surface area contributed by atoms with Crippen LogP contribution in [0.15, 0.2) is 61.1 Å². The molecule has 0 aliphatic rings. The third-order valence-corrected chi connectivity index (χ3v) is 3.67. The lowest BCUT2D eigenvalue weighted by Gasteiger charge is -2.09. The van der Waals surface area contributed by atoms with E-state index < -0.39 is 0 Å². The van der Waals surface area contributed by atoms with Gasteiger partial charge < -0.3 is 15.4 Å². The molecule has 0 fully saturated rings. The van der Waals surface area contributed by atoms with Crippen LogP contribution in [0.4, 0.5) is 10.5 Å². The highest BCUT2D eigenvalue weighted by atomic mass is 35.5. The third-order valence-electron chi connectivity index (χ3n) is 3.44. The van der Waals surface area contributed by atoms with Gasteiger partial charge in [0, 0.05) is 43.4 Å². The number of nitrogens with one attached hydrogen (secondary N) is 2. The van der Waals surface area contributed by atoms with Crippen LogP contribution in [0, 0.1) is 0 Å². The number of amides is 2. The molecule has 2 N–H and O–H groups in total. The monoisotopic (exact) mass is 371 g/mol. The molecule has 0 aliphatic carbocycles. The molecule has 0 aliphatic heterocycles. The lowest BCUT2D eigenvalue weighted by atomic mass is 10.3. The molecule has 2 aromatic heterocycles. The van der Waals surface area contributed by atoms with Crippen LogP contribution in [0.25, 0.3) is 0 Å². The summed E-state index contributed by atoms with van der Waals surface area (Å²) in [5, 5.41) is 10.2. The number of ether oxygens (including phenoxy) is 1. The maximum atomic E-state index is 11.9. The van der Waals surface area contributed by atoms with Gasteiger partial charge in [-0.3, -0.25) is 4.68 Å². The second-order valence-electron chi connectivity index (χ2n) is 5.44. The first kappa shape index (κ1) is 17.8. The Kier molecular flexibility index (Phi) is 6.05. The first-order valence-electron chi connectivity index (χ1n) is 8.11. The maximum absolute atomic E-state index is 11.9.